The lowest BCUT2D eigenvalue weighted by molar-refractivity contribution is -0.130. The van der Waals surface area contributed by atoms with Crippen LogP contribution in [0, 0.1) is 0 Å². The largest absolute Gasteiger partial charge is 0.337 e. The predicted molar refractivity (Wildman–Crippen MR) is 64.3 cm³/mol. The molecule has 1 atom stereocenters. The number of hydrogen-bond acceptors (Lipinski definition) is 3. The van der Waals surface area contributed by atoms with E-state index in [9.17, 15) is 4.79 Å². The van der Waals surface area contributed by atoms with E-state index in [1.165, 1.54) is 6.42 Å². The molecule has 0 aliphatic carbocycles. The van der Waals surface area contributed by atoms with Crippen molar-refractivity contribution >= 4 is 5.91 Å². The van der Waals surface area contributed by atoms with E-state index in [-0.39, 0.29) is 0 Å². The monoisotopic (exact) mass is 225 g/mol. The number of nitrogens with one attached hydrogen (secondary N) is 1. The molecule has 1 N–H and O–H groups in total. The Hall–Kier alpha value is -0.610. The van der Waals surface area contributed by atoms with E-state index in [0.717, 1.165) is 52.1 Å². The molecule has 2 aliphatic rings. The first-order valence-corrected chi connectivity index (χ1v) is 6.54. The minimum Gasteiger partial charge on any atom is -0.337 e. The third kappa shape index (κ3) is 2.74. The molecule has 2 fully saturated rings. The minimum absolute atomic E-state index is 0.369. The molecule has 0 aromatic rings. The fourth-order valence-electron chi connectivity index (χ4n) is 2.67. The first-order chi connectivity index (χ1) is 7.81. The Morgan fingerprint density at radius 2 is 2.25 bits per heavy atom. The van der Waals surface area contributed by atoms with E-state index in [2.05, 4.69) is 22.0 Å². The van der Waals surface area contributed by atoms with Gasteiger partial charge in [0.1, 0.15) is 0 Å². The third-order valence-electron chi connectivity index (χ3n) is 3.61. The Labute approximate surface area is 98.0 Å². The van der Waals surface area contributed by atoms with Crippen molar-refractivity contribution < 1.29 is 4.79 Å². The van der Waals surface area contributed by atoms with Crippen LogP contribution in [0.2, 0.25) is 0 Å². The van der Waals surface area contributed by atoms with Crippen molar-refractivity contribution in [1.82, 2.24) is 15.1 Å². The number of piperazine rings is 1. The maximum absolute atomic E-state index is 11.5. The summed E-state index contributed by atoms with van der Waals surface area (Å²) in [5.41, 5.74) is 0. The number of fused-ring (bicyclic) bond motifs is 1. The van der Waals surface area contributed by atoms with Gasteiger partial charge in [-0.05, 0) is 19.4 Å². The van der Waals surface area contributed by atoms with Gasteiger partial charge in [0, 0.05) is 45.2 Å². The van der Waals surface area contributed by atoms with E-state index >= 15 is 0 Å². The molecule has 2 rings (SSSR count). The van der Waals surface area contributed by atoms with Crippen LogP contribution < -0.4 is 5.32 Å². The van der Waals surface area contributed by atoms with Crippen molar-refractivity contribution in [2.24, 2.45) is 0 Å². The number of hydrogen-bond donors (Lipinski definition) is 1. The standard InChI is InChI=1S/C12H23N3O/c1-2-5-13-6-7-14-8-9-15-11(10-14)3-4-12(15)16/h11,13H,2-10H2,1H3. The minimum atomic E-state index is 0.369. The van der Waals surface area contributed by atoms with Gasteiger partial charge in [-0.25, -0.2) is 0 Å². The summed E-state index contributed by atoms with van der Waals surface area (Å²) >= 11 is 0. The van der Waals surface area contributed by atoms with Crippen LogP contribution in [0.4, 0.5) is 0 Å². The van der Waals surface area contributed by atoms with Crippen molar-refractivity contribution in [3.63, 3.8) is 0 Å². The Morgan fingerprint density at radius 3 is 3.06 bits per heavy atom. The molecule has 4 nitrogen and oxygen atoms in total. The van der Waals surface area contributed by atoms with Crippen LogP contribution in [0.1, 0.15) is 26.2 Å². The highest BCUT2D eigenvalue weighted by molar-refractivity contribution is 5.78. The van der Waals surface area contributed by atoms with Crippen LogP contribution in [-0.4, -0.2) is 61.0 Å². The molecule has 1 amide bonds. The molecular formula is C12H23N3O. The quantitative estimate of drug-likeness (QED) is 0.683. The lowest BCUT2D eigenvalue weighted by atomic mass is 10.1. The molecule has 1 unspecified atom stereocenters. The summed E-state index contributed by atoms with van der Waals surface area (Å²) in [6, 6.07) is 0.507. The van der Waals surface area contributed by atoms with Gasteiger partial charge in [0.2, 0.25) is 5.91 Å². The molecule has 2 heterocycles. The van der Waals surface area contributed by atoms with Gasteiger partial charge in [0.15, 0.2) is 0 Å². The van der Waals surface area contributed by atoms with E-state index in [1.54, 1.807) is 0 Å². The van der Waals surface area contributed by atoms with Crippen molar-refractivity contribution in [3.05, 3.63) is 0 Å². The maximum atomic E-state index is 11.5. The van der Waals surface area contributed by atoms with E-state index in [4.69, 9.17) is 0 Å². The number of carbonyl (C=O) groups excluding carboxylic acids is 1. The van der Waals surface area contributed by atoms with Gasteiger partial charge >= 0.3 is 0 Å². The lowest BCUT2D eigenvalue weighted by Crippen LogP contribution is -2.52. The Kier molecular flexibility index (Phi) is 4.18. The fourth-order valence-corrected chi connectivity index (χ4v) is 2.67. The second kappa shape index (κ2) is 5.64. The number of nitrogens with zero attached hydrogens (tertiary/aromatic N) is 2. The molecule has 0 spiro atoms. The van der Waals surface area contributed by atoms with Crippen LogP contribution in [0.15, 0.2) is 0 Å². The highest BCUT2D eigenvalue weighted by atomic mass is 16.2. The average molecular weight is 225 g/mol. The molecule has 0 aromatic carbocycles. The molecule has 0 aromatic heterocycles. The smallest absolute Gasteiger partial charge is 0.222 e. The molecule has 0 bridgehead atoms. The van der Waals surface area contributed by atoms with Gasteiger partial charge in [-0.15, -0.1) is 0 Å². The zero-order chi connectivity index (χ0) is 11.4. The fraction of sp³-hybridized carbons (Fsp3) is 0.917. The highest BCUT2D eigenvalue weighted by Gasteiger charge is 2.34. The zero-order valence-corrected chi connectivity index (χ0v) is 10.2. The predicted octanol–water partition coefficient (Wildman–Crippen LogP) is 0.293. The van der Waals surface area contributed by atoms with Gasteiger partial charge in [-0.1, -0.05) is 6.92 Å². The number of carbonyl (C=O) groups is 1. The van der Waals surface area contributed by atoms with Crippen molar-refractivity contribution in [2.45, 2.75) is 32.2 Å². The van der Waals surface area contributed by atoms with E-state index in [0.29, 0.717) is 11.9 Å². The van der Waals surface area contributed by atoms with Gasteiger partial charge in [-0.2, -0.15) is 0 Å². The summed E-state index contributed by atoms with van der Waals surface area (Å²) in [5, 5.41) is 3.43. The molecular weight excluding hydrogens is 202 g/mol. The summed E-state index contributed by atoms with van der Waals surface area (Å²) in [4.78, 5) is 16.1. The molecule has 0 radical (unpaired) electrons. The SMILES string of the molecule is CCCNCCN1CCN2C(=O)CCC2C1. The summed E-state index contributed by atoms with van der Waals surface area (Å²) in [5.74, 6) is 0.369. The first kappa shape index (κ1) is 11.9. The normalized spacial score (nSPS) is 26.2. The first-order valence-electron chi connectivity index (χ1n) is 6.54. The van der Waals surface area contributed by atoms with Crippen LogP contribution in [0.25, 0.3) is 0 Å². The van der Waals surface area contributed by atoms with Crippen LogP contribution >= 0.6 is 0 Å². The van der Waals surface area contributed by atoms with E-state index < -0.39 is 0 Å². The highest BCUT2D eigenvalue weighted by Crippen LogP contribution is 2.22. The van der Waals surface area contributed by atoms with Gasteiger partial charge < -0.3 is 10.2 Å². The van der Waals surface area contributed by atoms with Crippen LogP contribution in [-0.2, 0) is 4.79 Å². The zero-order valence-electron chi connectivity index (χ0n) is 10.2. The van der Waals surface area contributed by atoms with Crippen LogP contribution in [0.5, 0.6) is 0 Å². The number of amides is 1. The van der Waals surface area contributed by atoms with Crippen LogP contribution in [0.3, 0.4) is 0 Å². The average Bonchev–Trinajstić information content (AvgIpc) is 2.66. The Morgan fingerprint density at radius 1 is 1.38 bits per heavy atom. The van der Waals surface area contributed by atoms with Gasteiger partial charge in [-0.3, -0.25) is 9.69 Å². The molecule has 2 aliphatic heterocycles. The van der Waals surface area contributed by atoms with Crippen molar-refractivity contribution in [2.75, 3.05) is 39.3 Å². The molecule has 4 heteroatoms. The number of rotatable bonds is 5. The Bertz CT molecular complexity index is 244. The Balaban J connectivity index is 1.68. The van der Waals surface area contributed by atoms with Gasteiger partial charge in [0.05, 0.1) is 0 Å². The second-order valence-electron chi connectivity index (χ2n) is 4.83. The molecule has 2 saturated heterocycles. The molecule has 0 saturated carbocycles. The van der Waals surface area contributed by atoms with Crippen molar-refractivity contribution in [1.29, 1.82) is 0 Å². The summed E-state index contributed by atoms with van der Waals surface area (Å²) in [6.45, 7) is 8.58. The summed E-state index contributed by atoms with van der Waals surface area (Å²) in [6.07, 6.45) is 3.04. The van der Waals surface area contributed by atoms with Gasteiger partial charge in [0.25, 0.3) is 0 Å². The molecule has 16 heavy (non-hydrogen) atoms. The van der Waals surface area contributed by atoms with Crippen molar-refractivity contribution in [3.8, 4) is 0 Å². The summed E-state index contributed by atoms with van der Waals surface area (Å²) < 4.78 is 0. The van der Waals surface area contributed by atoms with E-state index in [1.807, 2.05) is 0 Å². The topological polar surface area (TPSA) is 35.6 Å². The molecule has 92 valence electrons. The lowest BCUT2D eigenvalue weighted by Gasteiger charge is -2.37. The summed E-state index contributed by atoms with van der Waals surface area (Å²) in [7, 11) is 0. The maximum Gasteiger partial charge on any atom is 0.222 e. The third-order valence-corrected chi connectivity index (χ3v) is 3.61. The second-order valence-corrected chi connectivity index (χ2v) is 4.83.